The van der Waals surface area contributed by atoms with Crippen LogP contribution in [0.25, 0.3) is 0 Å². The van der Waals surface area contributed by atoms with Crippen LogP contribution < -0.4 is 5.73 Å². The van der Waals surface area contributed by atoms with Gasteiger partial charge in [-0.05, 0) is 38.7 Å². The third-order valence-electron chi connectivity index (χ3n) is 2.53. The van der Waals surface area contributed by atoms with Gasteiger partial charge in [-0.2, -0.15) is 0 Å². The van der Waals surface area contributed by atoms with Crippen LogP contribution in [0.15, 0.2) is 0 Å². The van der Waals surface area contributed by atoms with Crippen molar-refractivity contribution in [3.8, 4) is 0 Å². The molecule has 0 aromatic carbocycles. The van der Waals surface area contributed by atoms with Gasteiger partial charge in [0.2, 0.25) is 0 Å². The van der Waals surface area contributed by atoms with Gasteiger partial charge in [-0.1, -0.05) is 0 Å². The Labute approximate surface area is 79.5 Å². The van der Waals surface area contributed by atoms with Crippen molar-refractivity contribution in [1.82, 2.24) is 9.80 Å². The zero-order valence-electron chi connectivity index (χ0n) is 7.79. The van der Waals surface area contributed by atoms with E-state index in [2.05, 4.69) is 11.9 Å². The highest BCUT2D eigenvalue weighted by molar-refractivity contribution is 7.80. The third-order valence-corrected chi connectivity index (χ3v) is 2.84. The number of hydrogen-bond acceptors (Lipinski definition) is 2. The fourth-order valence-corrected chi connectivity index (χ4v) is 1.69. The Morgan fingerprint density at radius 1 is 1.75 bits per heavy atom. The van der Waals surface area contributed by atoms with Gasteiger partial charge in [0.05, 0.1) is 0 Å². The van der Waals surface area contributed by atoms with E-state index < -0.39 is 0 Å². The van der Waals surface area contributed by atoms with Gasteiger partial charge in [-0.3, -0.25) is 0 Å². The SMILES string of the molecule is CN(CC1CCCN1C)C(N)=S. The predicted molar refractivity (Wildman–Crippen MR) is 55.1 cm³/mol. The molecule has 3 nitrogen and oxygen atoms in total. The largest absolute Gasteiger partial charge is 0.376 e. The second-order valence-corrected chi connectivity index (χ2v) is 3.91. The highest BCUT2D eigenvalue weighted by Crippen LogP contribution is 2.14. The molecule has 1 rings (SSSR count). The quantitative estimate of drug-likeness (QED) is 0.628. The molecule has 0 aromatic rings. The summed E-state index contributed by atoms with van der Waals surface area (Å²) in [6.07, 6.45) is 2.57. The van der Waals surface area contributed by atoms with Crippen molar-refractivity contribution in [3.63, 3.8) is 0 Å². The second kappa shape index (κ2) is 4.05. The molecule has 1 aliphatic rings. The molecule has 1 aliphatic heterocycles. The fourth-order valence-electron chi connectivity index (χ4n) is 1.62. The summed E-state index contributed by atoms with van der Waals surface area (Å²) in [4.78, 5) is 4.32. The van der Waals surface area contributed by atoms with Crippen LogP contribution in [0.4, 0.5) is 0 Å². The molecule has 0 aromatic heterocycles. The first-order valence-electron chi connectivity index (χ1n) is 4.32. The fraction of sp³-hybridized carbons (Fsp3) is 0.875. The lowest BCUT2D eigenvalue weighted by atomic mass is 10.2. The second-order valence-electron chi connectivity index (χ2n) is 3.50. The van der Waals surface area contributed by atoms with Crippen LogP contribution in [-0.2, 0) is 0 Å². The molecule has 1 atom stereocenters. The van der Waals surface area contributed by atoms with Crippen LogP contribution in [0, 0.1) is 0 Å². The van der Waals surface area contributed by atoms with Gasteiger partial charge in [0.15, 0.2) is 5.11 Å². The molecule has 1 fully saturated rings. The molecule has 70 valence electrons. The van der Waals surface area contributed by atoms with Crippen LogP contribution in [0.3, 0.4) is 0 Å². The molecule has 0 saturated carbocycles. The highest BCUT2D eigenvalue weighted by atomic mass is 32.1. The highest BCUT2D eigenvalue weighted by Gasteiger charge is 2.22. The number of nitrogens with two attached hydrogens (primary N) is 1. The van der Waals surface area contributed by atoms with Gasteiger partial charge in [0.25, 0.3) is 0 Å². The summed E-state index contributed by atoms with van der Waals surface area (Å²) in [5.74, 6) is 0. The molecular weight excluding hydrogens is 170 g/mol. The van der Waals surface area contributed by atoms with Gasteiger partial charge in [-0.15, -0.1) is 0 Å². The summed E-state index contributed by atoms with van der Waals surface area (Å²) in [5.41, 5.74) is 5.50. The van der Waals surface area contributed by atoms with E-state index in [1.54, 1.807) is 0 Å². The molecule has 0 radical (unpaired) electrons. The molecule has 0 aliphatic carbocycles. The standard InChI is InChI=1S/C8H17N3S/c1-10-5-3-4-7(10)6-11(2)8(9)12/h7H,3-6H2,1-2H3,(H2,9,12). The van der Waals surface area contributed by atoms with Crippen LogP contribution in [0.2, 0.25) is 0 Å². The maximum Gasteiger partial charge on any atom is 0.166 e. The van der Waals surface area contributed by atoms with Crippen molar-refractivity contribution in [2.24, 2.45) is 5.73 Å². The summed E-state index contributed by atoms with van der Waals surface area (Å²) < 4.78 is 0. The molecular formula is C8H17N3S. The normalized spacial score (nSPS) is 24.3. The maximum atomic E-state index is 5.50. The third kappa shape index (κ3) is 2.32. The lowest BCUT2D eigenvalue weighted by Crippen LogP contribution is -2.41. The molecule has 0 spiro atoms. The summed E-state index contributed by atoms with van der Waals surface area (Å²) in [6.45, 7) is 2.17. The molecule has 0 bridgehead atoms. The van der Waals surface area contributed by atoms with E-state index in [0.717, 1.165) is 6.54 Å². The summed E-state index contributed by atoms with van der Waals surface area (Å²) in [5, 5.41) is 0.496. The first kappa shape index (κ1) is 9.74. The molecule has 0 amide bonds. The van der Waals surface area contributed by atoms with Crippen molar-refractivity contribution < 1.29 is 0 Å². The molecule has 4 heteroatoms. The van der Waals surface area contributed by atoms with Crippen molar-refractivity contribution >= 4 is 17.3 Å². The monoisotopic (exact) mass is 187 g/mol. The number of likely N-dealkylation sites (N-methyl/N-ethyl adjacent to an activating group) is 2. The number of hydrogen-bond donors (Lipinski definition) is 1. The Bertz CT molecular complexity index is 172. The molecule has 1 unspecified atom stereocenters. The van der Waals surface area contributed by atoms with Crippen molar-refractivity contribution in [1.29, 1.82) is 0 Å². The van der Waals surface area contributed by atoms with Crippen molar-refractivity contribution in [3.05, 3.63) is 0 Å². The Hall–Kier alpha value is -0.350. The summed E-state index contributed by atoms with van der Waals surface area (Å²) >= 11 is 4.88. The average Bonchev–Trinajstić information content (AvgIpc) is 2.36. The zero-order chi connectivity index (χ0) is 9.14. The minimum absolute atomic E-state index is 0.496. The molecule has 12 heavy (non-hydrogen) atoms. The summed E-state index contributed by atoms with van der Waals surface area (Å²) in [6, 6.07) is 0.636. The first-order valence-corrected chi connectivity index (χ1v) is 4.73. The van der Waals surface area contributed by atoms with E-state index in [9.17, 15) is 0 Å². The predicted octanol–water partition coefficient (Wildman–Crippen LogP) is 0.256. The van der Waals surface area contributed by atoms with E-state index in [-0.39, 0.29) is 0 Å². The smallest absolute Gasteiger partial charge is 0.166 e. The van der Waals surface area contributed by atoms with Gasteiger partial charge < -0.3 is 15.5 Å². The minimum Gasteiger partial charge on any atom is -0.376 e. The maximum absolute atomic E-state index is 5.50. The van der Waals surface area contributed by atoms with Crippen molar-refractivity contribution in [2.75, 3.05) is 27.2 Å². The zero-order valence-corrected chi connectivity index (χ0v) is 8.60. The van der Waals surface area contributed by atoms with Gasteiger partial charge in [-0.25, -0.2) is 0 Å². The first-order chi connectivity index (χ1) is 5.61. The van der Waals surface area contributed by atoms with Crippen LogP contribution in [0.5, 0.6) is 0 Å². The van der Waals surface area contributed by atoms with Crippen LogP contribution in [0.1, 0.15) is 12.8 Å². The van der Waals surface area contributed by atoms with Crippen LogP contribution in [-0.4, -0.2) is 48.1 Å². The molecule has 2 N–H and O–H groups in total. The van der Waals surface area contributed by atoms with E-state index in [4.69, 9.17) is 18.0 Å². The summed E-state index contributed by atoms with van der Waals surface area (Å²) in [7, 11) is 4.11. The minimum atomic E-state index is 0.496. The van der Waals surface area contributed by atoms with E-state index in [1.807, 2.05) is 11.9 Å². The number of thiocarbonyl (C=S) groups is 1. The van der Waals surface area contributed by atoms with Gasteiger partial charge >= 0.3 is 0 Å². The van der Waals surface area contributed by atoms with Crippen LogP contribution >= 0.6 is 12.2 Å². The van der Waals surface area contributed by atoms with E-state index >= 15 is 0 Å². The van der Waals surface area contributed by atoms with E-state index in [0.29, 0.717) is 11.2 Å². The number of likely N-dealkylation sites (tertiary alicyclic amines) is 1. The van der Waals surface area contributed by atoms with Gasteiger partial charge in [0, 0.05) is 19.6 Å². The Kier molecular flexibility index (Phi) is 3.29. The average molecular weight is 187 g/mol. The Morgan fingerprint density at radius 3 is 2.83 bits per heavy atom. The van der Waals surface area contributed by atoms with E-state index in [1.165, 1.54) is 19.4 Å². The lowest BCUT2D eigenvalue weighted by Gasteiger charge is -2.25. The van der Waals surface area contributed by atoms with Gasteiger partial charge in [0.1, 0.15) is 0 Å². The Morgan fingerprint density at radius 2 is 2.42 bits per heavy atom. The Balaban J connectivity index is 2.35. The van der Waals surface area contributed by atoms with Crippen molar-refractivity contribution in [2.45, 2.75) is 18.9 Å². The molecule has 1 saturated heterocycles. The molecule has 1 heterocycles. The topological polar surface area (TPSA) is 32.5 Å². The lowest BCUT2D eigenvalue weighted by molar-refractivity contribution is 0.268. The number of nitrogens with zero attached hydrogens (tertiary/aromatic N) is 2. The number of rotatable bonds is 2.